The van der Waals surface area contributed by atoms with Crippen molar-refractivity contribution in [3.63, 3.8) is 0 Å². The lowest BCUT2D eigenvalue weighted by Crippen LogP contribution is -2.18. The zero-order valence-corrected chi connectivity index (χ0v) is 11.8. The number of likely N-dealkylation sites (N-methyl/N-ethyl adjacent to an activating group) is 1. The molecule has 1 aromatic heterocycles. The molecule has 1 heterocycles. The van der Waals surface area contributed by atoms with E-state index in [1.165, 1.54) is 5.56 Å². The third-order valence-corrected chi connectivity index (χ3v) is 3.31. The number of furan rings is 1. The van der Waals surface area contributed by atoms with E-state index >= 15 is 0 Å². The smallest absolute Gasteiger partial charge is 0.193 e. The lowest BCUT2D eigenvalue weighted by Gasteiger charge is -2.13. The summed E-state index contributed by atoms with van der Waals surface area (Å²) >= 11 is 9.26. The van der Waals surface area contributed by atoms with Gasteiger partial charge in [0.2, 0.25) is 0 Å². The highest BCUT2D eigenvalue weighted by molar-refractivity contribution is 9.10. The van der Waals surface area contributed by atoms with Gasteiger partial charge in [-0.2, -0.15) is 0 Å². The number of nitrogens with one attached hydrogen (secondary N) is 1. The predicted molar refractivity (Wildman–Crippen MR) is 73.4 cm³/mol. The standard InChI is InChI=1S/C13H13BrClNO/c1-16-11(12-5-6-13(15)17-12)8-9-3-2-4-10(14)7-9/h2-7,11,16H,8H2,1H3. The van der Waals surface area contributed by atoms with Gasteiger partial charge >= 0.3 is 0 Å². The van der Waals surface area contributed by atoms with E-state index in [0.717, 1.165) is 16.7 Å². The molecule has 2 rings (SSSR count). The van der Waals surface area contributed by atoms with Gasteiger partial charge in [0.1, 0.15) is 5.76 Å². The molecule has 0 radical (unpaired) electrons. The maximum atomic E-state index is 5.79. The second kappa shape index (κ2) is 5.71. The van der Waals surface area contributed by atoms with Crippen molar-refractivity contribution in [2.75, 3.05) is 7.05 Å². The molecule has 1 N–H and O–H groups in total. The lowest BCUT2D eigenvalue weighted by molar-refractivity contribution is 0.430. The zero-order valence-electron chi connectivity index (χ0n) is 9.41. The highest BCUT2D eigenvalue weighted by Gasteiger charge is 2.14. The van der Waals surface area contributed by atoms with Gasteiger partial charge in [-0.3, -0.25) is 0 Å². The van der Waals surface area contributed by atoms with Crippen LogP contribution in [0.1, 0.15) is 17.4 Å². The Labute approximate surface area is 114 Å². The van der Waals surface area contributed by atoms with Crippen molar-refractivity contribution in [1.29, 1.82) is 0 Å². The monoisotopic (exact) mass is 313 g/mol. The van der Waals surface area contributed by atoms with Crippen LogP contribution in [0.5, 0.6) is 0 Å². The van der Waals surface area contributed by atoms with Crippen molar-refractivity contribution in [3.8, 4) is 0 Å². The first-order valence-electron chi connectivity index (χ1n) is 5.36. The molecule has 0 saturated heterocycles. The second-order valence-electron chi connectivity index (χ2n) is 3.82. The van der Waals surface area contributed by atoms with Gasteiger partial charge < -0.3 is 9.73 Å². The minimum absolute atomic E-state index is 0.136. The molecule has 1 atom stereocenters. The fourth-order valence-corrected chi connectivity index (χ4v) is 2.36. The van der Waals surface area contributed by atoms with Crippen molar-refractivity contribution in [2.45, 2.75) is 12.5 Å². The van der Waals surface area contributed by atoms with Crippen LogP contribution in [0, 0.1) is 0 Å². The summed E-state index contributed by atoms with van der Waals surface area (Å²) in [5, 5.41) is 3.66. The Morgan fingerprint density at radius 1 is 1.35 bits per heavy atom. The number of rotatable bonds is 4. The lowest BCUT2D eigenvalue weighted by atomic mass is 10.0. The second-order valence-corrected chi connectivity index (χ2v) is 5.11. The molecular formula is C13H13BrClNO. The minimum Gasteiger partial charge on any atom is -0.448 e. The maximum Gasteiger partial charge on any atom is 0.193 e. The van der Waals surface area contributed by atoms with Crippen LogP contribution in [0.15, 0.2) is 45.3 Å². The molecule has 17 heavy (non-hydrogen) atoms. The van der Waals surface area contributed by atoms with E-state index in [9.17, 15) is 0 Å². The van der Waals surface area contributed by atoms with Crippen LogP contribution in [0.2, 0.25) is 5.22 Å². The first-order chi connectivity index (χ1) is 8.19. The average Bonchev–Trinajstić information content (AvgIpc) is 2.73. The fraction of sp³-hybridized carbons (Fsp3) is 0.231. The summed E-state index contributed by atoms with van der Waals surface area (Å²) in [4.78, 5) is 0. The van der Waals surface area contributed by atoms with Crippen LogP contribution >= 0.6 is 27.5 Å². The third-order valence-electron chi connectivity index (χ3n) is 2.61. The molecule has 0 saturated carbocycles. The first kappa shape index (κ1) is 12.7. The Balaban J connectivity index is 2.15. The van der Waals surface area contributed by atoms with E-state index in [4.69, 9.17) is 16.0 Å². The number of benzene rings is 1. The minimum atomic E-state index is 0.136. The topological polar surface area (TPSA) is 25.2 Å². The Kier molecular flexibility index (Phi) is 4.26. The molecular weight excluding hydrogens is 302 g/mol. The van der Waals surface area contributed by atoms with Crippen molar-refractivity contribution in [1.82, 2.24) is 5.32 Å². The van der Waals surface area contributed by atoms with Gasteiger partial charge in [-0.25, -0.2) is 0 Å². The quantitative estimate of drug-likeness (QED) is 0.915. The van der Waals surface area contributed by atoms with Gasteiger partial charge in [0, 0.05) is 4.47 Å². The molecule has 1 unspecified atom stereocenters. The first-order valence-corrected chi connectivity index (χ1v) is 6.53. The van der Waals surface area contributed by atoms with Gasteiger partial charge in [-0.1, -0.05) is 28.1 Å². The third kappa shape index (κ3) is 3.35. The van der Waals surface area contributed by atoms with Gasteiger partial charge in [0.25, 0.3) is 0 Å². The summed E-state index contributed by atoms with van der Waals surface area (Å²) in [6, 6.07) is 12.1. The van der Waals surface area contributed by atoms with Crippen LogP contribution in [0.3, 0.4) is 0 Å². The molecule has 0 bridgehead atoms. The van der Waals surface area contributed by atoms with Crippen molar-refractivity contribution in [3.05, 3.63) is 57.4 Å². The van der Waals surface area contributed by atoms with Crippen LogP contribution in [-0.2, 0) is 6.42 Å². The molecule has 2 aromatic rings. The average molecular weight is 315 g/mol. The number of halogens is 2. The molecule has 0 aliphatic rings. The van der Waals surface area contributed by atoms with Gasteiger partial charge in [0.05, 0.1) is 6.04 Å². The summed E-state index contributed by atoms with van der Waals surface area (Å²) in [6.45, 7) is 0. The molecule has 4 heteroatoms. The highest BCUT2D eigenvalue weighted by Crippen LogP contribution is 2.24. The largest absolute Gasteiger partial charge is 0.448 e. The van der Waals surface area contributed by atoms with Crippen molar-refractivity contribution >= 4 is 27.5 Å². The summed E-state index contributed by atoms with van der Waals surface area (Å²) in [5.74, 6) is 0.859. The molecule has 0 amide bonds. The Morgan fingerprint density at radius 3 is 2.76 bits per heavy atom. The van der Waals surface area contributed by atoms with Gasteiger partial charge in [0.15, 0.2) is 5.22 Å². The Hall–Kier alpha value is -0.770. The maximum absolute atomic E-state index is 5.79. The van der Waals surface area contributed by atoms with E-state index in [0.29, 0.717) is 5.22 Å². The van der Waals surface area contributed by atoms with E-state index in [1.807, 2.05) is 25.2 Å². The van der Waals surface area contributed by atoms with Gasteiger partial charge in [-0.15, -0.1) is 0 Å². The molecule has 0 aliphatic carbocycles. The number of hydrogen-bond acceptors (Lipinski definition) is 2. The van der Waals surface area contributed by atoms with E-state index in [2.05, 4.69) is 33.4 Å². The molecule has 1 aromatic carbocycles. The van der Waals surface area contributed by atoms with Crippen LogP contribution in [0.4, 0.5) is 0 Å². The predicted octanol–water partition coefficient (Wildman–Crippen LogP) is 4.20. The SMILES string of the molecule is CNC(Cc1cccc(Br)c1)c1ccc(Cl)o1. The molecule has 2 nitrogen and oxygen atoms in total. The Bertz CT molecular complexity index is 498. The fourth-order valence-electron chi connectivity index (χ4n) is 1.76. The molecule has 0 fully saturated rings. The summed E-state index contributed by atoms with van der Waals surface area (Å²) in [7, 11) is 1.92. The van der Waals surface area contributed by atoms with Crippen LogP contribution < -0.4 is 5.32 Å². The number of hydrogen-bond donors (Lipinski definition) is 1. The van der Waals surface area contributed by atoms with E-state index in [-0.39, 0.29) is 6.04 Å². The summed E-state index contributed by atoms with van der Waals surface area (Å²) in [6.07, 6.45) is 0.861. The van der Waals surface area contributed by atoms with Crippen molar-refractivity contribution < 1.29 is 4.42 Å². The highest BCUT2D eigenvalue weighted by atomic mass is 79.9. The normalized spacial score (nSPS) is 12.6. The molecule has 0 aliphatic heterocycles. The molecule has 90 valence electrons. The van der Waals surface area contributed by atoms with Gasteiger partial charge in [-0.05, 0) is 54.9 Å². The summed E-state index contributed by atoms with van der Waals surface area (Å²) in [5.41, 5.74) is 1.24. The van der Waals surface area contributed by atoms with Crippen LogP contribution in [0.25, 0.3) is 0 Å². The zero-order chi connectivity index (χ0) is 12.3. The Morgan fingerprint density at radius 2 is 2.18 bits per heavy atom. The summed E-state index contributed by atoms with van der Waals surface area (Å²) < 4.78 is 6.52. The molecule has 0 spiro atoms. The van der Waals surface area contributed by atoms with Crippen LogP contribution in [-0.4, -0.2) is 7.05 Å². The van der Waals surface area contributed by atoms with Crippen molar-refractivity contribution in [2.24, 2.45) is 0 Å². The van der Waals surface area contributed by atoms with E-state index < -0.39 is 0 Å². The van der Waals surface area contributed by atoms with E-state index in [1.54, 1.807) is 6.07 Å².